The van der Waals surface area contributed by atoms with Gasteiger partial charge in [-0.1, -0.05) is 17.7 Å². The van der Waals surface area contributed by atoms with Gasteiger partial charge in [0, 0.05) is 38.1 Å². The van der Waals surface area contributed by atoms with Crippen LogP contribution in [0.2, 0.25) is 5.02 Å². The van der Waals surface area contributed by atoms with Crippen molar-refractivity contribution in [2.24, 2.45) is 11.8 Å². The summed E-state index contributed by atoms with van der Waals surface area (Å²) in [5.74, 6) is 1.94. The molecule has 0 saturated carbocycles. The van der Waals surface area contributed by atoms with Crippen molar-refractivity contribution in [2.45, 2.75) is 31.1 Å². The molecule has 4 atom stereocenters. The van der Waals surface area contributed by atoms with E-state index >= 15 is 0 Å². The van der Waals surface area contributed by atoms with E-state index < -0.39 is 0 Å². The molecule has 2 bridgehead atoms. The molecule has 4 rings (SSSR count). The Kier molecular flexibility index (Phi) is 4.15. The third-order valence-corrected chi connectivity index (χ3v) is 6.44. The fourth-order valence-electron chi connectivity index (χ4n) is 4.94. The van der Waals surface area contributed by atoms with Crippen molar-refractivity contribution < 1.29 is 19.3 Å². The van der Waals surface area contributed by atoms with Crippen molar-refractivity contribution in [1.82, 2.24) is 4.90 Å². The van der Waals surface area contributed by atoms with Gasteiger partial charge in [-0.05, 0) is 24.5 Å². The van der Waals surface area contributed by atoms with Gasteiger partial charge in [-0.15, -0.1) is 0 Å². The van der Waals surface area contributed by atoms with Gasteiger partial charge in [0.25, 0.3) is 0 Å². The Bertz CT molecular complexity index is 640. The lowest BCUT2D eigenvalue weighted by atomic mass is 9.74. The fraction of sp³-hybridized carbons (Fsp3) is 0.667. The molecule has 5 nitrogen and oxygen atoms in total. The average Bonchev–Trinajstić information content (AvgIpc) is 3.23. The maximum Gasteiger partial charge on any atom is 0.179 e. The third-order valence-electron chi connectivity index (χ3n) is 6.02. The van der Waals surface area contributed by atoms with Gasteiger partial charge < -0.3 is 19.3 Å². The molecule has 3 aliphatic rings. The van der Waals surface area contributed by atoms with Crippen LogP contribution < -0.4 is 9.47 Å². The number of aliphatic hydroxyl groups is 1. The first-order chi connectivity index (χ1) is 11.6. The Morgan fingerprint density at radius 1 is 1.38 bits per heavy atom. The topological polar surface area (TPSA) is 51.2 Å². The molecule has 1 aromatic rings. The molecular formula is C18H24ClNO4. The number of hydrogen-bond donors (Lipinski definition) is 1. The van der Waals surface area contributed by atoms with Gasteiger partial charge in [-0.25, -0.2) is 0 Å². The van der Waals surface area contributed by atoms with Crippen LogP contribution in [-0.2, 0) is 11.3 Å². The van der Waals surface area contributed by atoms with Crippen molar-refractivity contribution in [1.29, 1.82) is 0 Å². The van der Waals surface area contributed by atoms with Crippen LogP contribution in [0.1, 0.15) is 18.4 Å². The molecule has 1 aromatic carbocycles. The molecule has 0 unspecified atom stereocenters. The summed E-state index contributed by atoms with van der Waals surface area (Å²) in [5.41, 5.74) is 0.974. The lowest BCUT2D eigenvalue weighted by molar-refractivity contribution is 0.000378. The van der Waals surface area contributed by atoms with Crippen molar-refractivity contribution >= 4 is 11.6 Å². The summed E-state index contributed by atoms with van der Waals surface area (Å²) in [7, 11) is 3.21. The second kappa shape index (κ2) is 6.06. The Labute approximate surface area is 147 Å². The van der Waals surface area contributed by atoms with Gasteiger partial charge in [0.1, 0.15) is 0 Å². The summed E-state index contributed by atoms with van der Waals surface area (Å²) in [6, 6.07) is 3.89. The number of halogens is 1. The normalized spacial score (nSPS) is 34.6. The molecule has 0 aliphatic carbocycles. The molecule has 0 amide bonds. The van der Waals surface area contributed by atoms with Crippen LogP contribution in [0.4, 0.5) is 0 Å². The molecule has 0 radical (unpaired) electrons. The van der Waals surface area contributed by atoms with Crippen molar-refractivity contribution in [2.75, 3.05) is 33.9 Å². The summed E-state index contributed by atoms with van der Waals surface area (Å²) in [5, 5.41) is 10.3. The number of nitrogens with zero attached hydrogens (tertiary/aromatic N) is 1. The van der Waals surface area contributed by atoms with E-state index in [2.05, 4.69) is 4.90 Å². The Morgan fingerprint density at radius 3 is 2.92 bits per heavy atom. The third kappa shape index (κ3) is 2.33. The quantitative estimate of drug-likeness (QED) is 0.880. The standard InChI is InChI=1S/C18H24ClNO4/c1-22-15-4-3-11(16(19)17(15)23-2)7-20-8-13-12(9-21)14-5-6-18(13,10-20)24-14/h3-4,12-14,21H,5-10H2,1-2H3/t12-,13+,14+,18+/m0/s1. The van der Waals surface area contributed by atoms with Crippen LogP contribution in [-0.4, -0.2) is 55.6 Å². The number of aliphatic hydroxyl groups excluding tert-OH is 1. The molecule has 1 N–H and O–H groups in total. The predicted molar refractivity (Wildman–Crippen MR) is 90.7 cm³/mol. The van der Waals surface area contributed by atoms with E-state index in [9.17, 15) is 5.11 Å². The van der Waals surface area contributed by atoms with Gasteiger partial charge in [0.05, 0.1) is 30.9 Å². The van der Waals surface area contributed by atoms with Gasteiger partial charge in [-0.3, -0.25) is 4.90 Å². The van der Waals surface area contributed by atoms with Crippen molar-refractivity contribution in [3.8, 4) is 11.5 Å². The Balaban J connectivity index is 1.54. The van der Waals surface area contributed by atoms with E-state index in [0.717, 1.165) is 38.0 Å². The second-order valence-electron chi connectivity index (χ2n) is 7.16. The zero-order valence-electron chi connectivity index (χ0n) is 14.1. The van der Waals surface area contributed by atoms with Gasteiger partial charge in [-0.2, -0.15) is 0 Å². The van der Waals surface area contributed by atoms with E-state index in [1.165, 1.54) is 0 Å². The first-order valence-electron chi connectivity index (χ1n) is 8.52. The van der Waals surface area contributed by atoms with E-state index in [4.69, 9.17) is 25.8 Å². The molecule has 132 valence electrons. The van der Waals surface area contributed by atoms with Crippen molar-refractivity contribution in [3.63, 3.8) is 0 Å². The highest BCUT2D eigenvalue weighted by molar-refractivity contribution is 6.33. The number of hydrogen-bond acceptors (Lipinski definition) is 5. The van der Waals surface area contributed by atoms with E-state index in [0.29, 0.717) is 22.4 Å². The number of ether oxygens (including phenoxy) is 3. The minimum Gasteiger partial charge on any atom is -0.493 e. The molecule has 0 aromatic heterocycles. The van der Waals surface area contributed by atoms with E-state index in [1.807, 2.05) is 12.1 Å². The molecular weight excluding hydrogens is 330 g/mol. The lowest BCUT2D eigenvalue weighted by Gasteiger charge is -2.28. The SMILES string of the molecule is COc1ccc(CN2C[C@@H]3[C@H](CO)[C@H]4CC[C@]3(C2)O4)c(Cl)c1OC. The molecule has 3 saturated heterocycles. The second-order valence-corrected chi connectivity index (χ2v) is 7.53. The maximum atomic E-state index is 9.73. The molecule has 24 heavy (non-hydrogen) atoms. The molecule has 6 heteroatoms. The van der Waals surface area contributed by atoms with Crippen LogP contribution in [0.25, 0.3) is 0 Å². The van der Waals surface area contributed by atoms with Crippen LogP contribution in [0, 0.1) is 11.8 Å². The summed E-state index contributed by atoms with van der Waals surface area (Å²) in [6.07, 6.45) is 2.44. The first-order valence-corrected chi connectivity index (χ1v) is 8.90. The van der Waals surface area contributed by atoms with E-state index in [1.54, 1.807) is 14.2 Å². The Hall–Kier alpha value is -1.01. The summed E-state index contributed by atoms with van der Waals surface area (Å²) >= 11 is 6.52. The van der Waals surface area contributed by atoms with Gasteiger partial charge in [0.15, 0.2) is 11.5 Å². The van der Waals surface area contributed by atoms with Crippen molar-refractivity contribution in [3.05, 3.63) is 22.7 Å². The number of methoxy groups -OCH3 is 2. The number of benzene rings is 1. The maximum absolute atomic E-state index is 9.73. The first kappa shape index (κ1) is 16.5. The largest absolute Gasteiger partial charge is 0.493 e. The highest BCUT2D eigenvalue weighted by Crippen LogP contribution is 2.55. The number of likely N-dealkylation sites (tertiary alicyclic amines) is 1. The number of rotatable bonds is 5. The Morgan fingerprint density at radius 2 is 2.21 bits per heavy atom. The zero-order chi connectivity index (χ0) is 16.9. The smallest absolute Gasteiger partial charge is 0.179 e. The predicted octanol–water partition coefficient (Wildman–Crippen LogP) is 2.33. The molecule has 1 spiro atoms. The minimum atomic E-state index is -0.0545. The lowest BCUT2D eigenvalue weighted by Crippen LogP contribution is -2.37. The number of fused-ring (bicyclic) bond motifs is 1. The van der Waals surface area contributed by atoms with Crippen LogP contribution >= 0.6 is 11.6 Å². The van der Waals surface area contributed by atoms with Crippen LogP contribution in [0.15, 0.2) is 12.1 Å². The highest BCUT2D eigenvalue weighted by Gasteiger charge is 2.62. The van der Waals surface area contributed by atoms with Gasteiger partial charge >= 0.3 is 0 Å². The highest BCUT2D eigenvalue weighted by atomic mass is 35.5. The molecule has 3 fully saturated rings. The monoisotopic (exact) mass is 353 g/mol. The minimum absolute atomic E-state index is 0.0545. The molecule has 3 aliphatic heterocycles. The average molecular weight is 354 g/mol. The summed E-state index contributed by atoms with van der Waals surface area (Å²) in [4.78, 5) is 2.39. The molecule has 3 heterocycles. The fourth-order valence-corrected chi connectivity index (χ4v) is 5.24. The van der Waals surface area contributed by atoms with E-state index in [-0.39, 0.29) is 24.2 Å². The van der Waals surface area contributed by atoms with Crippen LogP contribution in [0.3, 0.4) is 0 Å². The summed E-state index contributed by atoms with van der Waals surface area (Å²) < 4.78 is 17.0. The van der Waals surface area contributed by atoms with Crippen LogP contribution in [0.5, 0.6) is 11.5 Å². The zero-order valence-corrected chi connectivity index (χ0v) is 14.9. The summed E-state index contributed by atoms with van der Waals surface area (Å²) in [6.45, 7) is 2.84. The van der Waals surface area contributed by atoms with Gasteiger partial charge in [0.2, 0.25) is 0 Å².